The molecule has 2 heterocycles. The molecule has 0 unspecified atom stereocenters. The molecule has 0 saturated heterocycles. The van der Waals surface area contributed by atoms with E-state index in [1.54, 1.807) is 13.2 Å². The normalized spacial score (nSPS) is 10.9. The first-order chi connectivity index (χ1) is 9.17. The number of aromatic amines is 1. The standard InChI is InChI=1S/C14H12ClN3O/c1-8-3-4-9(10(15)7-8)13-16-11-5-6-12(19-2)17-14(11)18-13/h3-7H,1-2H3,(H,16,17,18). The van der Waals surface area contributed by atoms with Crippen molar-refractivity contribution in [3.8, 4) is 17.3 Å². The van der Waals surface area contributed by atoms with Crippen LogP contribution in [0.4, 0.5) is 0 Å². The van der Waals surface area contributed by atoms with Gasteiger partial charge in [-0.25, -0.2) is 4.98 Å². The van der Waals surface area contributed by atoms with E-state index in [-0.39, 0.29) is 0 Å². The van der Waals surface area contributed by atoms with Gasteiger partial charge in [-0.05, 0) is 30.7 Å². The fourth-order valence-electron chi connectivity index (χ4n) is 1.93. The van der Waals surface area contributed by atoms with Gasteiger partial charge in [-0.3, -0.25) is 0 Å². The summed E-state index contributed by atoms with van der Waals surface area (Å²) in [5.74, 6) is 1.26. The molecule has 0 radical (unpaired) electrons. The molecule has 0 fully saturated rings. The van der Waals surface area contributed by atoms with E-state index in [0.717, 1.165) is 16.6 Å². The maximum atomic E-state index is 6.25. The third kappa shape index (κ3) is 2.15. The summed E-state index contributed by atoms with van der Waals surface area (Å²) in [4.78, 5) is 12.0. The molecule has 0 aliphatic heterocycles. The number of benzene rings is 1. The zero-order valence-corrected chi connectivity index (χ0v) is 11.3. The lowest BCUT2D eigenvalue weighted by molar-refractivity contribution is 0.399. The highest BCUT2D eigenvalue weighted by Gasteiger charge is 2.10. The van der Waals surface area contributed by atoms with Crippen molar-refractivity contribution in [1.82, 2.24) is 15.0 Å². The summed E-state index contributed by atoms with van der Waals surface area (Å²) in [5.41, 5.74) is 3.45. The minimum Gasteiger partial charge on any atom is -0.481 e. The maximum Gasteiger partial charge on any atom is 0.215 e. The molecule has 0 spiro atoms. The lowest BCUT2D eigenvalue weighted by Gasteiger charge is -2.01. The van der Waals surface area contributed by atoms with Gasteiger partial charge < -0.3 is 9.72 Å². The largest absolute Gasteiger partial charge is 0.481 e. The van der Waals surface area contributed by atoms with Crippen LogP contribution in [0.15, 0.2) is 30.3 Å². The zero-order valence-electron chi connectivity index (χ0n) is 10.6. The first-order valence-electron chi connectivity index (χ1n) is 5.84. The topological polar surface area (TPSA) is 50.8 Å². The number of methoxy groups -OCH3 is 1. The van der Waals surface area contributed by atoms with Crippen molar-refractivity contribution in [2.75, 3.05) is 7.11 Å². The van der Waals surface area contributed by atoms with Crippen LogP contribution in [0.2, 0.25) is 5.02 Å². The van der Waals surface area contributed by atoms with Crippen molar-refractivity contribution in [2.24, 2.45) is 0 Å². The Kier molecular flexibility index (Phi) is 2.87. The predicted molar refractivity (Wildman–Crippen MR) is 75.6 cm³/mol. The molecule has 96 valence electrons. The molecule has 4 nitrogen and oxygen atoms in total. The van der Waals surface area contributed by atoms with E-state index < -0.39 is 0 Å². The number of ether oxygens (including phenoxy) is 1. The Labute approximate surface area is 115 Å². The Morgan fingerprint density at radius 1 is 1.16 bits per heavy atom. The molecule has 3 aromatic rings. The number of fused-ring (bicyclic) bond motifs is 1. The Morgan fingerprint density at radius 2 is 2.00 bits per heavy atom. The van der Waals surface area contributed by atoms with E-state index in [4.69, 9.17) is 16.3 Å². The van der Waals surface area contributed by atoms with E-state index >= 15 is 0 Å². The summed E-state index contributed by atoms with van der Waals surface area (Å²) in [6.07, 6.45) is 0. The number of hydrogen-bond donors (Lipinski definition) is 1. The number of imidazole rings is 1. The summed E-state index contributed by atoms with van der Waals surface area (Å²) in [6, 6.07) is 9.51. The molecule has 5 heteroatoms. The number of halogens is 1. The van der Waals surface area contributed by atoms with Gasteiger partial charge >= 0.3 is 0 Å². The predicted octanol–water partition coefficient (Wildman–Crippen LogP) is 3.60. The van der Waals surface area contributed by atoms with Gasteiger partial charge in [0.1, 0.15) is 11.3 Å². The molecule has 1 N–H and O–H groups in total. The fraction of sp³-hybridized carbons (Fsp3) is 0.143. The molecule has 0 saturated carbocycles. The third-order valence-corrected chi connectivity index (χ3v) is 3.22. The van der Waals surface area contributed by atoms with Crippen LogP contribution in [0, 0.1) is 6.92 Å². The van der Waals surface area contributed by atoms with Crippen LogP contribution in [0.5, 0.6) is 5.88 Å². The van der Waals surface area contributed by atoms with Crippen LogP contribution in [-0.2, 0) is 0 Å². The van der Waals surface area contributed by atoms with Gasteiger partial charge in [0.2, 0.25) is 5.88 Å². The average Bonchev–Trinajstić information content (AvgIpc) is 2.80. The molecule has 0 aliphatic rings. The molecular weight excluding hydrogens is 262 g/mol. The van der Waals surface area contributed by atoms with Gasteiger partial charge in [0, 0.05) is 11.6 Å². The maximum absolute atomic E-state index is 6.25. The van der Waals surface area contributed by atoms with Crippen molar-refractivity contribution in [3.05, 3.63) is 40.9 Å². The van der Waals surface area contributed by atoms with E-state index in [1.807, 2.05) is 31.2 Å². The Bertz CT molecular complexity index is 752. The van der Waals surface area contributed by atoms with Crippen LogP contribution < -0.4 is 4.74 Å². The van der Waals surface area contributed by atoms with Crippen LogP contribution >= 0.6 is 11.6 Å². The fourth-order valence-corrected chi connectivity index (χ4v) is 2.25. The summed E-state index contributed by atoms with van der Waals surface area (Å²) < 4.78 is 5.09. The molecule has 0 bridgehead atoms. The molecule has 3 rings (SSSR count). The summed E-state index contributed by atoms with van der Waals surface area (Å²) in [6.45, 7) is 2.00. The number of aromatic nitrogens is 3. The molecule has 1 aromatic carbocycles. The Hall–Kier alpha value is -2.07. The Balaban J connectivity index is 2.14. The van der Waals surface area contributed by atoms with Crippen molar-refractivity contribution in [1.29, 1.82) is 0 Å². The third-order valence-electron chi connectivity index (χ3n) is 2.91. The highest BCUT2D eigenvalue weighted by Crippen LogP contribution is 2.28. The number of nitrogens with one attached hydrogen (secondary N) is 1. The second-order valence-electron chi connectivity index (χ2n) is 4.29. The van der Waals surface area contributed by atoms with Crippen molar-refractivity contribution in [2.45, 2.75) is 6.92 Å². The van der Waals surface area contributed by atoms with Crippen LogP contribution in [0.3, 0.4) is 0 Å². The minimum atomic E-state index is 0.553. The number of rotatable bonds is 2. The van der Waals surface area contributed by atoms with E-state index in [2.05, 4.69) is 15.0 Å². The van der Waals surface area contributed by atoms with Crippen molar-refractivity contribution in [3.63, 3.8) is 0 Å². The highest BCUT2D eigenvalue weighted by atomic mass is 35.5. The second-order valence-corrected chi connectivity index (χ2v) is 4.70. The Morgan fingerprint density at radius 3 is 2.74 bits per heavy atom. The van der Waals surface area contributed by atoms with Crippen LogP contribution in [0.1, 0.15) is 5.56 Å². The molecule has 0 atom stereocenters. The minimum absolute atomic E-state index is 0.553. The summed E-state index contributed by atoms with van der Waals surface area (Å²) >= 11 is 6.25. The van der Waals surface area contributed by atoms with E-state index in [0.29, 0.717) is 22.4 Å². The van der Waals surface area contributed by atoms with Gasteiger partial charge in [0.05, 0.1) is 12.1 Å². The second kappa shape index (κ2) is 4.55. The van der Waals surface area contributed by atoms with E-state index in [9.17, 15) is 0 Å². The zero-order chi connectivity index (χ0) is 13.4. The molecule has 2 aromatic heterocycles. The quantitative estimate of drug-likeness (QED) is 0.776. The smallest absolute Gasteiger partial charge is 0.215 e. The number of nitrogens with zero attached hydrogens (tertiary/aromatic N) is 2. The van der Waals surface area contributed by atoms with Crippen molar-refractivity contribution >= 4 is 22.8 Å². The molecule has 19 heavy (non-hydrogen) atoms. The molecule has 0 aliphatic carbocycles. The van der Waals surface area contributed by atoms with Gasteiger partial charge in [-0.15, -0.1) is 0 Å². The van der Waals surface area contributed by atoms with Crippen LogP contribution in [-0.4, -0.2) is 22.1 Å². The SMILES string of the molecule is COc1ccc2nc(-c3ccc(C)cc3Cl)[nH]c2n1. The van der Waals surface area contributed by atoms with Gasteiger partial charge in [0.25, 0.3) is 0 Å². The number of pyridine rings is 1. The number of hydrogen-bond acceptors (Lipinski definition) is 3. The first-order valence-corrected chi connectivity index (χ1v) is 6.22. The average molecular weight is 274 g/mol. The first kappa shape index (κ1) is 12.0. The van der Waals surface area contributed by atoms with E-state index in [1.165, 1.54) is 0 Å². The van der Waals surface area contributed by atoms with Crippen molar-refractivity contribution < 1.29 is 4.74 Å². The molecular formula is C14H12ClN3O. The van der Waals surface area contributed by atoms with Gasteiger partial charge in [0.15, 0.2) is 5.65 Å². The summed E-state index contributed by atoms with van der Waals surface area (Å²) in [5, 5.41) is 0.672. The lowest BCUT2D eigenvalue weighted by atomic mass is 10.1. The molecule has 0 amide bonds. The summed E-state index contributed by atoms with van der Waals surface area (Å²) in [7, 11) is 1.59. The number of H-pyrrole nitrogens is 1. The lowest BCUT2D eigenvalue weighted by Crippen LogP contribution is -1.86. The van der Waals surface area contributed by atoms with Gasteiger partial charge in [-0.2, -0.15) is 4.98 Å². The highest BCUT2D eigenvalue weighted by molar-refractivity contribution is 6.33. The number of aryl methyl sites for hydroxylation is 1. The monoisotopic (exact) mass is 273 g/mol. The van der Waals surface area contributed by atoms with Crippen LogP contribution in [0.25, 0.3) is 22.6 Å². The van der Waals surface area contributed by atoms with Gasteiger partial charge in [-0.1, -0.05) is 17.7 Å².